The molecule has 1 aliphatic heterocycles. The first-order valence-corrected chi connectivity index (χ1v) is 9.40. The van der Waals surface area contributed by atoms with Gasteiger partial charge in [-0.25, -0.2) is 15.0 Å². The van der Waals surface area contributed by atoms with Gasteiger partial charge in [0, 0.05) is 44.1 Å². The topological polar surface area (TPSA) is 101 Å². The predicted octanol–water partition coefficient (Wildman–Crippen LogP) is 1.43. The minimum absolute atomic E-state index is 0.0618. The number of likely N-dealkylation sites (tertiary alicyclic amines) is 1. The van der Waals surface area contributed by atoms with Crippen molar-refractivity contribution in [3.05, 3.63) is 46.7 Å². The molecule has 1 atom stereocenters. The molecule has 0 aromatic carbocycles. The summed E-state index contributed by atoms with van der Waals surface area (Å²) >= 11 is 0. The molecule has 1 aliphatic rings. The number of carbonyl (C=O) groups is 1. The number of imidazole rings is 1. The average Bonchev–Trinajstić information content (AvgIpc) is 3.36. The lowest BCUT2D eigenvalue weighted by atomic mass is 9.96. The molecule has 3 aromatic rings. The van der Waals surface area contributed by atoms with Crippen LogP contribution in [0.25, 0.3) is 5.78 Å². The van der Waals surface area contributed by atoms with Crippen molar-refractivity contribution in [2.45, 2.75) is 45.1 Å². The Hall–Kier alpha value is -2.97. The number of piperidine rings is 1. The van der Waals surface area contributed by atoms with Gasteiger partial charge in [0.15, 0.2) is 0 Å². The number of aryl methyl sites for hydroxylation is 1. The van der Waals surface area contributed by atoms with E-state index in [9.17, 15) is 9.59 Å². The Morgan fingerprint density at radius 1 is 1.33 bits per heavy atom. The van der Waals surface area contributed by atoms with Gasteiger partial charge in [0.2, 0.25) is 0 Å². The fourth-order valence-electron chi connectivity index (χ4n) is 3.69. The molecule has 4 heterocycles. The zero-order chi connectivity index (χ0) is 18.8. The minimum atomic E-state index is -0.422. The van der Waals surface area contributed by atoms with E-state index in [4.69, 9.17) is 0 Å². The van der Waals surface area contributed by atoms with Crippen LogP contribution in [0.5, 0.6) is 0 Å². The van der Waals surface area contributed by atoms with Gasteiger partial charge in [0.1, 0.15) is 17.7 Å². The molecule has 4 rings (SSSR count). The Morgan fingerprint density at radius 2 is 2.22 bits per heavy atom. The zero-order valence-electron chi connectivity index (χ0n) is 15.3. The molecule has 1 unspecified atom stereocenters. The van der Waals surface area contributed by atoms with Crippen LogP contribution in [0.4, 0.5) is 0 Å². The number of H-pyrrole nitrogens is 1. The second kappa shape index (κ2) is 7.34. The fourth-order valence-corrected chi connectivity index (χ4v) is 3.69. The summed E-state index contributed by atoms with van der Waals surface area (Å²) < 4.78 is 3.38. The van der Waals surface area contributed by atoms with Gasteiger partial charge < -0.3 is 9.47 Å². The minimum Gasteiger partial charge on any atom is -0.338 e. The molecule has 1 amide bonds. The Bertz CT molecular complexity index is 1000. The molecular weight excluding hydrogens is 346 g/mol. The smallest absolute Gasteiger partial charge is 0.286 e. The number of carbonyl (C=O) groups excluding carboxylic acids is 1. The molecule has 0 spiro atoms. The summed E-state index contributed by atoms with van der Waals surface area (Å²) in [5, 5.41) is 2.69. The number of unbranched alkanes of at least 4 members (excludes halogenated alkanes) is 1. The van der Waals surface area contributed by atoms with Crippen LogP contribution in [-0.4, -0.2) is 53.0 Å². The molecule has 1 N–H and O–H groups in total. The Kier molecular flexibility index (Phi) is 4.74. The molecule has 0 aliphatic carbocycles. The predicted molar refractivity (Wildman–Crippen MR) is 98.6 cm³/mol. The first-order valence-electron chi connectivity index (χ1n) is 9.40. The van der Waals surface area contributed by atoms with E-state index >= 15 is 0 Å². The maximum atomic E-state index is 13.0. The summed E-state index contributed by atoms with van der Waals surface area (Å²) in [6.45, 7) is 4.31. The van der Waals surface area contributed by atoms with Gasteiger partial charge in [-0.2, -0.15) is 4.52 Å². The molecule has 0 radical (unpaired) electrons. The van der Waals surface area contributed by atoms with Crippen LogP contribution in [0.15, 0.2) is 29.7 Å². The number of nitrogens with zero attached hydrogens (tertiary/aromatic N) is 6. The van der Waals surface area contributed by atoms with Crippen molar-refractivity contribution in [1.82, 2.24) is 34.0 Å². The molecule has 9 nitrogen and oxygen atoms in total. The van der Waals surface area contributed by atoms with Gasteiger partial charge in [0.05, 0.1) is 0 Å². The van der Waals surface area contributed by atoms with Gasteiger partial charge >= 0.3 is 0 Å². The highest BCUT2D eigenvalue weighted by molar-refractivity contribution is 5.93. The number of aromatic amines is 1. The van der Waals surface area contributed by atoms with Gasteiger partial charge in [-0.1, -0.05) is 13.3 Å². The highest BCUT2D eigenvalue weighted by Crippen LogP contribution is 2.26. The first kappa shape index (κ1) is 17.4. The molecule has 142 valence electrons. The lowest BCUT2D eigenvalue weighted by Gasteiger charge is -2.32. The third-order valence-electron chi connectivity index (χ3n) is 5.11. The standard InChI is InChI=1S/C18H23N7O2/c1-2-3-7-23-9-6-19-15(23)13-5-4-8-24(11-13)16(26)14-10-20-18-21-12-22-25(18)17(14)27/h6,9-10,12-13H,2-5,7-8,11H2,1H3,(H,20,21,22). The lowest BCUT2D eigenvalue weighted by Crippen LogP contribution is -2.42. The summed E-state index contributed by atoms with van der Waals surface area (Å²) in [6, 6.07) is 0. The summed E-state index contributed by atoms with van der Waals surface area (Å²) in [7, 11) is 0. The van der Waals surface area contributed by atoms with Crippen molar-refractivity contribution in [1.29, 1.82) is 0 Å². The zero-order valence-corrected chi connectivity index (χ0v) is 15.3. The van der Waals surface area contributed by atoms with E-state index in [1.165, 1.54) is 17.0 Å². The highest BCUT2D eigenvalue weighted by atomic mass is 16.2. The second-order valence-electron chi connectivity index (χ2n) is 6.92. The summed E-state index contributed by atoms with van der Waals surface area (Å²) in [6.07, 6.45) is 10.6. The first-order chi connectivity index (χ1) is 13.2. The number of hydrogen-bond donors (Lipinski definition) is 1. The van der Waals surface area contributed by atoms with Crippen molar-refractivity contribution < 1.29 is 4.79 Å². The highest BCUT2D eigenvalue weighted by Gasteiger charge is 2.29. The van der Waals surface area contributed by atoms with Crippen LogP contribution in [-0.2, 0) is 6.54 Å². The normalized spacial score (nSPS) is 17.5. The maximum Gasteiger partial charge on any atom is 0.286 e. The van der Waals surface area contributed by atoms with Gasteiger partial charge in [-0.15, -0.1) is 0 Å². The van der Waals surface area contributed by atoms with E-state index in [1.54, 1.807) is 4.90 Å². The third kappa shape index (κ3) is 3.24. The molecule has 9 heteroatoms. The number of rotatable bonds is 5. The molecule has 1 fully saturated rings. The van der Waals surface area contributed by atoms with Crippen LogP contribution in [0.3, 0.4) is 0 Å². The van der Waals surface area contributed by atoms with E-state index in [2.05, 4.69) is 31.5 Å². The maximum absolute atomic E-state index is 13.0. The van der Waals surface area contributed by atoms with E-state index < -0.39 is 5.56 Å². The largest absolute Gasteiger partial charge is 0.338 e. The SMILES string of the molecule is CCCCn1ccnc1C1CCCN(C(=O)c2cnc3nc[nH]n3c2=O)C1. The van der Waals surface area contributed by atoms with Gasteiger partial charge in [-0.3, -0.25) is 14.7 Å². The molecule has 3 aromatic heterocycles. The van der Waals surface area contributed by atoms with E-state index in [1.807, 2.05) is 12.4 Å². The Labute approximate surface area is 156 Å². The van der Waals surface area contributed by atoms with E-state index in [0.717, 1.165) is 38.1 Å². The summed E-state index contributed by atoms with van der Waals surface area (Å²) in [5.74, 6) is 1.18. The van der Waals surface area contributed by atoms with Crippen LogP contribution in [0.1, 0.15) is 54.7 Å². The number of aromatic nitrogens is 6. The molecule has 1 saturated heterocycles. The summed E-state index contributed by atoms with van der Waals surface area (Å²) in [4.78, 5) is 39.8. The van der Waals surface area contributed by atoms with E-state index in [-0.39, 0.29) is 23.2 Å². The van der Waals surface area contributed by atoms with Crippen molar-refractivity contribution in [3.8, 4) is 0 Å². The van der Waals surface area contributed by atoms with Gasteiger partial charge in [-0.05, 0) is 19.3 Å². The van der Waals surface area contributed by atoms with Crippen molar-refractivity contribution >= 4 is 11.7 Å². The van der Waals surface area contributed by atoms with Crippen LogP contribution in [0, 0.1) is 0 Å². The number of amides is 1. The average molecular weight is 369 g/mol. The number of fused-ring (bicyclic) bond motifs is 1. The lowest BCUT2D eigenvalue weighted by molar-refractivity contribution is 0.0700. The fraction of sp³-hybridized carbons (Fsp3) is 0.500. The van der Waals surface area contributed by atoms with Crippen molar-refractivity contribution in [3.63, 3.8) is 0 Å². The van der Waals surface area contributed by atoms with Crippen LogP contribution in [0.2, 0.25) is 0 Å². The van der Waals surface area contributed by atoms with Crippen LogP contribution < -0.4 is 5.56 Å². The van der Waals surface area contributed by atoms with E-state index in [0.29, 0.717) is 13.1 Å². The Balaban J connectivity index is 1.56. The quantitative estimate of drug-likeness (QED) is 0.733. The van der Waals surface area contributed by atoms with Crippen molar-refractivity contribution in [2.24, 2.45) is 0 Å². The second-order valence-corrected chi connectivity index (χ2v) is 6.92. The number of hydrogen-bond acceptors (Lipinski definition) is 5. The van der Waals surface area contributed by atoms with Gasteiger partial charge in [0.25, 0.3) is 17.2 Å². The van der Waals surface area contributed by atoms with Crippen LogP contribution >= 0.6 is 0 Å². The Morgan fingerprint density at radius 3 is 3.07 bits per heavy atom. The third-order valence-corrected chi connectivity index (χ3v) is 5.11. The molecule has 0 saturated carbocycles. The number of nitrogens with one attached hydrogen (secondary N) is 1. The monoisotopic (exact) mass is 369 g/mol. The van der Waals surface area contributed by atoms with Crippen molar-refractivity contribution in [2.75, 3.05) is 13.1 Å². The molecule has 0 bridgehead atoms. The molecule has 27 heavy (non-hydrogen) atoms. The molecular formula is C18H23N7O2. The summed E-state index contributed by atoms with van der Waals surface area (Å²) in [5.41, 5.74) is -0.360.